The fourth-order valence-corrected chi connectivity index (χ4v) is 2.39. The molecule has 0 radical (unpaired) electrons. The minimum Gasteiger partial charge on any atom is -0.465 e. The van der Waals surface area contributed by atoms with Crippen molar-refractivity contribution in [2.24, 2.45) is 0 Å². The summed E-state index contributed by atoms with van der Waals surface area (Å²) in [6.07, 6.45) is 0. The van der Waals surface area contributed by atoms with Crippen LogP contribution in [-0.2, 0) is 4.74 Å². The number of aromatic nitrogens is 1. The molecule has 2 aromatic rings. The first-order chi connectivity index (χ1) is 9.13. The zero-order valence-electron chi connectivity index (χ0n) is 10.4. The molecule has 0 spiro atoms. The van der Waals surface area contributed by atoms with E-state index in [9.17, 15) is 4.79 Å². The molecule has 0 saturated carbocycles. The Balaban J connectivity index is 2.19. The van der Waals surface area contributed by atoms with Crippen LogP contribution in [0.25, 0.3) is 0 Å². The van der Waals surface area contributed by atoms with Crippen LogP contribution in [0.15, 0.2) is 24.3 Å². The number of rotatable bonds is 3. The molecule has 1 heterocycles. The molecule has 0 aliphatic heterocycles. The highest BCUT2D eigenvalue weighted by Gasteiger charge is 2.15. The van der Waals surface area contributed by atoms with Gasteiger partial charge in [-0.3, -0.25) is 0 Å². The predicted molar refractivity (Wildman–Crippen MR) is 72.6 cm³/mol. The van der Waals surface area contributed by atoms with Gasteiger partial charge in [0.05, 0.1) is 24.4 Å². The number of carbonyl (C=O) groups is 1. The number of carbonyl (C=O) groups excluding carboxylic acids is 1. The second kappa shape index (κ2) is 5.50. The number of nitrogens with zero attached hydrogens (tertiary/aromatic N) is 2. The zero-order valence-corrected chi connectivity index (χ0v) is 11.2. The number of benzene rings is 1. The van der Waals surface area contributed by atoms with E-state index in [4.69, 9.17) is 5.26 Å². The quantitative estimate of drug-likeness (QED) is 0.870. The van der Waals surface area contributed by atoms with Crippen LogP contribution >= 0.6 is 11.3 Å². The van der Waals surface area contributed by atoms with Gasteiger partial charge in [0.15, 0.2) is 5.13 Å². The lowest BCUT2D eigenvalue weighted by molar-refractivity contribution is 0.0605. The van der Waals surface area contributed by atoms with Crippen LogP contribution in [0.5, 0.6) is 0 Å². The van der Waals surface area contributed by atoms with Crippen LogP contribution in [0.2, 0.25) is 0 Å². The highest BCUT2D eigenvalue weighted by Crippen LogP contribution is 2.26. The second-order valence-electron chi connectivity index (χ2n) is 3.74. The number of aryl methyl sites for hydroxylation is 1. The molecule has 0 amide bonds. The molecule has 1 aromatic carbocycles. The Morgan fingerprint density at radius 1 is 1.42 bits per heavy atom. The molecule has 1 N–H and O–H groups in total. The van der Waals surface area contributed by atoms with Gasteiger partial charge in [0.25, 0.3) is 0 Å². The van der Waals surface area contributed by atoms with E-state index in [0.717, 1.165) is 5.69 Å². The summed E-state index contributed by atoms with van der Waals surface area (Å²) in [4.78, 5) is 16.2. The van der Waals surface area contributed by atoms with E-state index < -0.39 is 0 Å². The van der Waals surface area contributed by atoms with E-state index in [-0.39, 0.29) is 5.97 Å². The minimum atomic E-state index is -0.386. The lowest BCUT2D eigenvalue weighted by Gasteiger charge is -2.01. The van der Waals surface area contributed by atoms with Crippen LogP contribution in [0.3, 0.4) is 0 Å². The van der Waals surface area contributed by atoms with E-state index in [0.29, 0.717) is 21.3 Å². The molecule has 5 nitrogen and oxygen atoms in total. The fraction of sp³-hybridized carbons (Fsp3) is 0.154. The molecule has 2 rings (SSSR count). The van der Waals surface area contributed by atoms with Gasteiger partial charge in [0.2, 0.25) is 0 Å². The van der Waals surface area contributed by atoms with Crippen molar-refractivity contribution in [3.63, 3.8) is 0 Å². The van der Waals surface area contributed by atoms with Gasteiger partial charge in [0.1, 0.15) is 4.88 Å². The molecular formula is C13H11N3O2S. The molecule has 19 heavy (non-hydrogen) atoms. The highest BCUT2D eigenvalue weighted by atomic mass is 32.1. The van der Waals surface area contributed by atoms with E-state index in [1.165, 1.54) is 18.4 Å². The highest BCUT2D eigenvalue weighted by molar-refractivity contribution is 7.17. The van der Waals surface area contributed by atoms with E-state index in [1.54, 1.807) is 31.2 Å². The van der Waals surface area contributed by atoms with E-state index >= 15 is 0 Å². The summed E-state index contributed by atoms with van der Waals surface area (Å²) in [7, 11) is 1.34. The maximum absolute atomic E-state index is 11.5. The van der Waals surface area contributed by atoms with Crippen molar-refractivity contribution in [3.05, 3.63) is 40.4 Å². The summed E-state index contributed by atoms with van der Waals surface area (Å²) >= 11 is 1.24. The number of hydrogen-bond acceptors (Lipinski definition) is 6. The number of nitriles is 1. The first-order valence-corrected chi connectivity index (χ1v) is 6.28. The van der Waals surface area contributed by atoms with Crippen LogP contribution in [-0.4, -0.2) is 18.1 Å². The van der Waals surface area contributed by atoms with Gasteiger partial charge in [-0.1, -0.05) is 11.3 Å². The molecule has 0 fully saturated rings. The monoisotopic (exact) mass is 273 g/mol. The Hall–Kier alpha value is -2.39. The van der Waals surface area contributed by atoms with Gasteiger partial charge in [-0.25, -0.2) is 9.78 Å². The summed E-state index contributed by atoms with van der Waals surface area (Å²) in [5.74, 6) is -0.386. The first kappa shape index (κ1) is 13.1. The van der Waals surface area contributed by atoms with Crippen LogP contribution in [0, 0.1) is 18.3 Å². The first-order valence-electron chi connectivity index (χ1n) is 5.47. The normalized spacial score (nSPS) is 9.74. The molecule has 0 aliphatic carbocycles. The number of hydrogen-bond donors (Lipinski definition) is 1. The summed E-state index contributed by atoms with van der Waals surface area (Å²) in [5.41, 5.74) is 2.04. The Bertz CT molecular complexity index is 641. The van der Waals surface area contributed by atoms with Gasteiger partial charge in [-0.05, 0) is 31.2 Å². The summed E-state index contributed by atoms with van der Waals surface area (Å²) < 4.78 is 4.68. The van der Waals surface area contributed by atoms with Crippen molar-refractivity contribution < 1.29 is 9.53 Å². The van der Waals surface area contributed by atoms with Crippen molar-refractivity contribution in [3.8, 4) is 6.07 Å². The van der Waals surface area contributed by atoms with Crippen molar-refractivity contribution >= 4 is 28.1 Å². The molecule has 6 heteroatoms. The summed E-state index contributed by atoms with van der Waals surface area (Å²) in [5, 5.41) is 12.4. The van der Waals surface area contributed by atoms with Crippen molar-refractivity contribution in [2.75, 3.05) is 12.4 Å². The Labute approximate surface area is 114 Å². The van der Waals surface area contributed by atoms with Crippen molar-refractivity contribution in [1.82, 2.24) is 4.98 Å². The zero-order chi connectivity index (χ0) is 13.8. The lowest BCUT2D eigenvalue weighted by Crippen LogP contribution is -1.99. The number of methoxy groups -OCH3 is 1. The minimum absolute atomic E-state index is 0.386. The standard InChI is InChI=1S/C13H11N3O2S/c1-8-11(12(17)18-2)19-13(15-8)16-10-5-3-9(7-14)4-6-10/h3-6H,1-2H3,(H,15,16). The Morgan fingerprint density at radius 2 is 2.11 bits per heavy atom. The van der Waals surface area contributed by atoms with E-state index in [2.05, 4.69) is 21.1 Å². The van der Waals surface area contributed by atoms with Gasteiger partial charge in [-0.15, -0.1) is 0 Å². The van der Waals surface area contributed by atoms with Crippen molar-refractivity contribution in [1.29, 1.82) is 5.26 Å². The van der Waals surface area contributed by atoms with Crippen LogP contribution in [0.1, 0.15) is 20.9 Å². The summed E-state index contributed by atoms with van der Waals surface area (Å²) in [6.45, 7) is 1.76. The third-order valence-electron chi connectivity index (χ3n) is 2.43. The second-order valence-corrected chi connectivity index (χ2v) is 4.74. The van der Waals surface area contributed by atoms with Gasteiger partial charge in [0, 0.05) is 5.69 Å². The molecule has 0 bridgehead atoms. The molecular weight excluding hydrogens is 262 g/mol. The number of esters is 1. The molecule has 96 valence electrons. The van der Waals surface area contributed by atoms with Gasteiger partial charge < -0.3 is 10.1 Å². The fourth-order valence-electron chi connectivity index (χ4n) is 1.48. The van der Waals surface area contributed by atoms with E-state index in [1.807, 2.05) is 0 Å². The number of ether oxygens (including phenoxy) is 1. The van der Waals surface area contributed by atoms with Crippen LogP contribution < -0.4 is 5.32 Å². The molecule has 1 aromatic heterocycles. The average molecular weight is 273 g/mol. The number of anilines is 2. The Morgan fingerprint density at radius 3 is 2.68 bits per heavy atom. The third kappa shape index (κ3) is 2.89. The SMILES string of the molecule is COC(=O)c1sc(Nc2ccc(C#N)cc2)nc1C. The van der Waals surface area contributed by atoms with Crippen molar-refractivity contribution in [2.45, 2.75) is 6.92 Å². The van der Waals surface area contributed by atoms with Crippen LogP contribution in [0.4, 0.5) is 10.8 Å². The smallest absolute Gasteiger partial charge is 0.350 e. The predicted octanol–water partition coefficient (Wildman–Crippen LogP) is 2.85. The largest absolute Gasteiger partial charge is 0.465 e. The molecule has 0 aliphatic rings. The number of nitrogens with one attached hydrogen (secondary N) is 1. The summed E-state index contributed by atoms with van der Waals surface area (Å²) in [6, 6.07) is 9.05. The maximum Gasteiger partial charge on any atom is 0.350 e. The topological polar surface area (TPSA) is 75.0 Å². The lowest BCUT2D eigenvalue weighted by atomic mass is 10.2. The van der Waals surface area contributed by atoms with Gasteiger partial charge in [-0.2, -0.15) is 5.26 Å². The number of thiazole rings is 1. The van der Waals surface area contributed by atoms with Gasteiger partial charge >= 0.3 is 5.97 Å². The molecule has 0 saturated heterocycles. The molecule has 0 atom stereocenters. The maximum atomic E-state index is 11.5. The average Bonchev–Trinajstić information content (AvgIpc) is 2.79. The molecule has 0 unspecified atom stereocenters. The third-order valence-corrected chi connectivity index (χ3v) is 3.49. The Kier molecular flexibility index (Phi) is 3.78.